The summed E-state index contributed by atoms with van der Waals surface area (Å²) < 4.78 is 22.1. The number of carbonyl (C=O) groups is 2. The van der Waals surface area contributed by atoms with Gasteiger partial charge in [0.15, 0.2) is 8.32 Å². The van der Waals surface area contributed by atoms with Gasteiger partial charge in [-0.15, -0.1) is 0 Å². The Kier molecular flexibility index (Phi) is 10.0. The molecule has 0 bridgehead atoms. The molecule has 0 atom stereocenters. The molecule has 12 heteroatoms. The maximum absolute atomic E-state index is 13.0. The lowest BCUT2D eigenvalue weighted by atomic mass is 9.80. The Morgan fingerprint density at radius 1 is 0.824 bits per heavy atom. The van der Waals surface area contributed by atoms with Crippen LogP contribution >= 0.6 is 0 Å². The summed E-state index contributed by atoms with van der Waals surface area (Å²) in [5, 5.41) is 11.4. The lowest BCUT2D eigenvalue weighted by Gasteiger charge is -2.41. The molecule has 0 radical (unpaired) electrons. The summed E-state index contributed by atoms with van der Waals surface area (Å²) >= 11 is 0. The number of imide groups is 1. The number of rotatable bonds is 8. The number of fused-ring (bicyclic) bond motifs is 1. The van der Waals surface area contributed by atoms with Gasteiger partial charge in [-0.05, 0) is 123 Å². The maximum atomic E-state index is 13.0. The predicted octanol–water partition coefficient (Wildman–Crippen LogP) is 9.80. The number of hydrogen-bond donors (Lipinski definition) is 0. The molecular formula is C39H60N6O5Si. The standard InChI is InChI=1S/C39H60N6O5Si/c1-37(2,3)48-35(46)43(36(47)49-38(4,5)6)22-25-18-29(19-25)45-24-31(34(42-45)26-12-13-26)33-20-32-27(21-40-33)23-44(41-32)28-14-16-30(17-15-28)50-51(10,11)39(7,8)9/h20-21,23-26,28-30H,12-19,22H2,1-11H3/t25-,28-,29-,30-. The van der Waals surface area contributed by atoms with Crippen LogP contribution in [0.3, 0.4) is 0 Å². The smallest absolute Gasteiger partial charge is 0.419 e. The summed E-state index contributed by atoms with van der Waals surface area (Å²) in [6.07, 6.45) is 13.4. The highest BCUT2D eigenvalue weighted by atomic mass is 28.4. The quantitative estimate of drug-likeness (QED) is 0.211. The van der Waals surface area contributed by atoms with Crippen molar-refractivity contribution < 1.29 is 23.5 Å². The fourth-order valence-electron chi connectivity index (χ4n) is 6.92. The first-order valence-corrected chi connectivity index (χ1v) is 21.9. The third kappa shape index (κ3) is 8.87. The van der Waals surface area contributed by atoms with E-state index < -0.39 is 31.7 Å². The van der Waals surface area contributed by atoms with Gasteiger partial charge in [0.25, 0.3) is 0 Å². The average molecular weight is 721 g/mol. The number of pyridine rings is 1. The van der Waals surface area contributed by atoms with E-state index >= 15 is 0 Å². The molecule has 6 rings (SSSR count). The van der Waals surface area contributed by atoms with Crippen LogP contribution in [0.25, 0.3) is 22.2 Å². The van der Waals surface area contributed by atoms with E-state index in [0.29, 0.717) is 18.1 Å². The number of amides is 2. The minimum atomic E-state index is -1.78. The van der Waals surface area contributed by atoms with Crippen LogP contribution in [0.1, 0.15) is 137 Å². The first kappa shape index (κ1) is 37.5. The summed E-state index contributed by atoms with van der Waals surface area (Å²) in [5.74, 6) is 0.574. The molecule has 0 N–H and O–H groups in total. The number of nitrogens with zero attached hydrogens (tertiary/aromatic N) is 6. The second-order valence-corrected chi connectivity index (χ2v) is 23.5. The molecule has 0 unspecified atom stereocenters. The molecule has 3 saturated carbocycles. The van der Waals surface area contributed by atoms with E-state index in [0.717, 1.165) is 84.1 Å². The Labute approximate surface area is 304 Å². The minimum Gasteiger partial charge on any atom is -0.443 e. The van der Waals surface area contributed by atoms with Crippen molar-refractivity contribution in [2.45, 2.75) is 167 Å². The average Bonchev–Trinajstić information content (AvgIpc) is 3.58. The predicted molar refractivity (Wildman–Crippen MR) is 201 cm³/mol. The third-order valence-corrected chi connectivity index (χ3v) is 15.5. The van der Waals surface area contributed by atoms with Gasteiger partial charge < -0.3 is 13.9 Å². The van der Waals surface area contributed by atoms with Crippen molar-refractivity contribution in [3.05, 3.63) is 30.4 Å². The van der Waals surface area contributed by atoms with Gasteiger partial charge in [-0.3, -0.25) is 14.3 Å². The van der Waals surface area contributed by atoms with Crippen LogP contribution in [0.2, 0.25) is 18.1 Å². The maximum Gasteiger partial charge on any atom is 0.419 e. The Hall–Kier alpha value is -3.25. The minimum absolute atomic E-state index is 0.124. The zero-order chi connectivity index (χ0) is 37.1. The third-order valence-electron chi connectivity index (χ3n) is 10.9. The highest BCUT2D eigenvalue weighted by Gasteiger charge is 2.41. The zero-order valence-electron chi connectivity index (χ0n) is 32.8. The Morgan fingerprint density at radius 2 is 1.41 bits per heavy atom. The van der Waals surface area contributed by atoms with Gasteiger partial charge in [0.2, 0.25) is 0 Å². The number of ether oxygens (including phenoxy) is 2. The molecule has 3 aliphatic carbocycles. The van der Waals surface area contributed by atoms with E-state index in [1.54, 1.807) is 41.5 Å². The summed E-state index contributed by atoms with van der Waals surface area (Å²) in [6, 6.07) is 2.67. The number of carbonyl (C=O) groups excluding carboxylic acids is 2. The van der Waals surface area contributed by atoms with Gasteiger partial charge in [0.1, 0.15) is 11.2 Å². The first-order chi connectivity index (χ1) is 23.7. The van der Waals surface area contributed by atoms with Gasteiger partial charge in [0, 0.05) is 48.1 Å². The van der Waals surface area contributed by atoms with E-state index in [1.807, 2.05) is 6.20 Å². The van der Waals surface area contributed by atoms with Crippen molar-refractivity contribution in [3.8, 4) is 11.3 Å². The van der Waals surface area contributed by atoms with Crippen LogP contribution in [0, 0.1) is 5.92 Å². The molecule has 3 aromatic rings. The Morgan fingerprint density at radius 3 is 1.96 bits per heavy atom. The van der Waals surface area contributed by atoms with E-state index in [-0.39, 0.29) is 23.5 Å². The van der Waals surface area contributed by atoms with Gasteiger partial charge in [-0.2, -0.15) is 10.2 Å². The molecule has 0 saturated heterocycles. The van der Waals surface area contributed by atoms with Crippen molar-refractivity contribution in [1.82, 2.24) is 29.4 Å². The fraction of sp³-hybridized carbons (Fsp3) is 0.718. The van der Waals surface area contributed by atoms with Crippen LogP contribution < -0.4 is 0 Å². The number of aromatic nitrogens is 5. The van der Waals surface area contributed by atoms with Crippen LogP contribution in [0.4, 0.5) is 9.59 Å². The van der Waals surface area contributed by atoms with Crippen LogP contribution in [0.15, 0.2) is 24.7 Å². The molecular weight excluding hydrogens is 661 g/mol. The SMILES string of the molecule is CC(C)(C)OC(=O)N(C[C@H]1C[C@H](n2cc(-c3cc4nn([C@H]5CC[C@H](O[Si](C)(C)C(C)(C)C)CC5)cc4cn3)c(C3CC3)n2)C1)C(=O)OC(C)(C)C. The summed E-state index contributed by atoms with van der Waals surface area (Å²) in [7, 11) is -1.78. The second kappa shape index (κ2) is 13.6. The number of hydrogen-bond acceptors (Lipinski definition) is 8. The largest absolute Gasteiger partial charge is 0.443 e. The van der Waals surface area contributed by atoms with Gasteiger partial charge >= 0.3 is 12.2 Å². The zero-order valence-corrected chi connectivity index (χ0v) is 33.8. The van der Waals surface area contributed by atoms with Crippen molar-refractivity contribution in [1.29, 1.82) is 0 Å². The Balaban J connectivity index is 1.12. The topological polar surface area (TPSA) is 114 Å². The van der Waals surface area contributed by atoms with Gasteiger partial charge in [-0.25, -0.2) is 14.5 Å². The fourth-order valence-corrected chi connectivity index (χ4v) is 8.34. The second-order valence-electron chi connectivity index (χ2n) is 18.8. The highest BCUT2D eigenvalue weighted by Crippen LogP contribution is 2.46. The first-order valence-electron chi connectivity index (χ1n) is 19.0. The van der Waals surface area contributed by atoms with Gasteiger partial charge in [-0.1, -0.05) is 20.8 Å². The molecule has 51 heavy (non-hydrogen) atoms. The molecule has 3 fully saturated rings. The van der Waals surface area contributed by atoms with E-state index in [1.165, 1.54) is 0 Å². The lowest BCUT2D eigenvalue weighted by Crippen LogP contribution is -2.47. The van der Waals surface area contributed by atoms with Crippen molar-refractivity contribution in [2.24, 2.45) is 5.92 Å². The molecule has 3 aliphatic rings. The molecule has 3 aromatic heterocycles. The molecule has 280 valence electrons. The van der Waals surface area contributed by atoms with Gasteiger partial charge in [0.05, 0.1) is 29.0 Å². The normalized spacial score (nSPS) is 23.2. The molecule has 0 aliphatic heterocycles. The molecule has 3 heterocycles. The summed E-state index contributed by atoms with van der Waals surface area (Å²) in [5.41, 5.74) is 2.60. The molecule has 2 amide bonds. The summed E-state index contributed by atoms with van der Waals surface area (Å²) in [4.78, 5) is 32.1. The molecule has 0 aromatic carbocycles. The van der Waals surface area contributed by atoms with E-state index in [2.05, 4.69) is 61.7 Å². The van der Waals surface area contributed by atoms with Crippen molar-refractivity contribution >= 4 is 31.4 Å². The molecule has 11 nitrogen and oxygen atoms in total. The summed E-state index contributed by atoms with van der Waals surface area (Å²) in [6.45, 7) is 22.6. The lowest BCUT2D eigenvalue weighted by molar-refractivity contribution is -0.00642. The monoisotopic (exact) mass is 720 g/mol. The van der Waals surface area contributed by atoms with Crippen molar-refractivity contribution in [3.63, 3.8) is 0 Å². The van der Waals surface area contributed by atoms with Crippen LogP contribution in [-0.2, 0) is 13.9 Å². The highest BCUT2D eigenvalue weighted by molar-refractivity contribution is 6.74. The van der Waals surface area contributed by atoms with Crippen LogP contribution in [-0.4, -0.2) is 73.8 Å². The van der Waals surface area contributed by atoms with Crippen LogP contribution in [0.5, 0.6) is 0 Å². The van der Waals surface area contributed by atoms with E-state index in [4.69, 9.17) is 29.1 Å². The molecule has 0 spiro atoms. The Bertz CT molecular complexity index is 1700. The van der Waals surface area contributed by atoms with E-state index in [9.17, 15) is 9.59 Å². The van der Waals surface area contributed by atoms with Crippen molar-refractivity contribution in [2.75, 3.05) is 6.54 Å².